The van der Waals surface area contributed by atoms with Crippen molar-refractivity contribution in [3.05, 3.63) is 58.2 Å². The summed E-state index contributed by atoms with van der Waals surface area (Å²) in [5.41, 5.74) is 2.66. The van der Waals surface area contributed by atoms with E-state index in [2.05, 4.69) is 30.9 Å². The first-order valence-corrected chi connectivity index (χ1v) is 7.57. The molecule has 0 bridgehead atoms. The second kappa shape index (κ2) is 6.23. The lowest BCUT2D eigenvalue weighted by atomic mass is 10.2. The van der Waals surface area contributed by atoms with Crippen LogP contribution in [0.2, 0.25) is 0 Å². The molecule has 4 nitrogen and oxygen atoms in total. The number of methoxy groups -OCH3 is 1. The van der Waals surface area contributed by atoms with Gasteiger partial charge in [-0.3, -0.25) is 0 Å². The average Bonchev–Trinajstić information content (AvgIpc) is 2.51. The molecule has 0 atom stereocenters. The third-order valence-corrected chi connectivity index (χ3v) is 3.65. The summed E-state index contributed by atoms with van der Waals surface area (Å²) in [6.45, 7) is 1.94. The maximum atomic E-state index is 5.38. The van der Waals surface area contributed by atoms with Gasteiger partial charge in [0.05, 0.1) is 18.3 Å². The highest BCUT2D eigenvalue weighted by Gasteiger charge is 2.05. The van der Waals surface area contributed by atoms with E-state index in [0.29, 0.717) is 5.82 Å². The van der Waals surface area contributed by atoms with Gasteiger partial charge in [-0.15, -0.1) is 0 Å². The quantitative estimate of drug-likeness (QED) is 0.703. The normalized spacial score (nSPS) is 11.2. The lowest BCUT2D eigenvalue weighted by Crippen LogP contribution is -1.90. The zero-order valence-electron chi connectivity index (χ0n) is 12.2. The van der Waals surface area contributed by atoms with Gasteiger partial charge in [0.25, 0.3) is 0 Å². The van der Waals surface area contributed by atoms with Crippen molar-refractivity contribution in [1.29, 1.82) is 0 Å². The van der Waals surface area contributed by atoms with Gasteiger partial charge < -0.3 is 4.74 Å². The van der Waals surface area contributed by atoms with Gasteiger partial charge in [-0.1, -0.05) is 15.9 Å². The Bertz CT molecular complexity index is 862. The van der Waals surface area contributed by atoms with Crippen molar-refractivity contribution >= 4 is 39.0 Å². The summed E-state index contributed by atoms with van der Waals surface area (Å²) < 4.78 is 6.32. The number of pyridine rings is 1. The van der Waals surface area contributed by atoms with E-state index in [4.69, 9.17) is 4.74 Å². The minimum absolute atomic E-state index is 0.675. The zero-order valence-corrected chi connectivity index (χ0v) is 13.8. The topological polar surface area (TPSA) is 47.9 Å². The van der Waals surface area contributed by atoms with E-state index < -0.39 is 0 Å². The van der Waals surface area contributed by atoms with Crippen LogP contribution in [0.5, 0.6) is 5.75 Å². The lowest BCUT2D eigenvalue weighted by Gasteiger charge is -2.06. The third kappa shape index (κ3) is 3.14. The lowest BCUT2D eigenvalue weighted by molar-refractivity contribution is 0.419. The first kappa shape index (κ1) is 14.7. The van der Waals surface area contributed by atoms with Crippen LogP contribution in [0.3, 0.4) is 0 Å². The van der Waals surface area contributed by atoms with Crippen LogP contribution in [0.1, 0.15) is 17.2 Å². The number of rotatable bonds is 3. The monoisotopic (exact) mass is 355 g/mol. The van der Waals surface area contributed by atoms with Crippen LogP contribution in [-0.4, -0.2) is 22.1 Å². The third-order valence-electron chi connectivity index (χ3n) is 3.19. The van der Waals surface area contributed by atoms with Crippen LogP contribution in [0.25, 0.3) is 23.1 Å². The van der Waals surface area contributed by atoms with Crippen LogP contribution in [0, 0.1) is 6.92 Å². The molecule has 0 aliphatic rings. The molecule has 0 amide bonds. The summed E-state index contributed by atoms with van der Waals surface area (Å²) in [5.74, 6) is 1.48. The Hall–Kier alpha value is -2.27. The molecule has 0 saturated carbocycles. The summed E-state index contributed by atoms with van der Waals surface area (Å²) in [6, 6.07) is 9.73. The van der Waals surface area contributed by atoms with Gasteiger partial charge in [0.1, 0.15) is 5.75 Å². The molecule has 3 rings (SSSR count). The van der Waals surface area contributed by atoms with Crippen molar-refractivity contribution < 1.29 is 4.74 Å². The van der Waals surface area contributed by atoms with Crippen LogP contribution in [0.4, 0.5) is 0 Å². The van der Waals surface area contributed by atoms with E-state index in [0.717, 1.165) is 32.5 Å². The molecular formula is C17H14BrN3O. The first-order chi connectivity index (χ1) is 10.7. The predicted octanol–water partition coefficient (Wildman–Crippen LogP) is 4.27. The number of aryl methyl sites for hydroxylation is 1. The fourth-order valence-electron chi connectivity index (χ4n) is 2.15. The van der Waals surface area contributed by atoms with Crippen LogP contribution < -0.4 is 4.74 Å². The molecule has 5 heteroatoms. The van der Waals surface area contributed by atoms with E-state index in [1.807, 2.05) is 49.4 Å². The maximum Gasteiger partial charge on any atom is 0.152 e. The average molecular weight is 356 g/mol. The first-order valence-electron chi connectivity index (χ1n) is 6.78. The van der Waals surface area contributed by atoms with Gasteiger partial charge in [0.2, 0.25) is 0 Å². The van der Waals surface area contributed by atoms with E-state index in [9.17, 15) is 0 Å². The molecule has 2 heterocycles. The minimum atomic E-state index is 0.675. The van der Waals surface area contributed by atoms with Crippen LogP contribution in [0.15, 0.2) is 41.0 Å². The SMILES string of the molecule is COc1cc(Br)cc2nc(C=Cc3nccc(C)n3)ccc12. The van der Waals surface area contributed by atoms with Crippen molar-refractivity contribution in [1.82, 2.24) is 15.0 Å². The summed E-state index contributed by atoms with van der Waals surface area (Å²) >= 11 is 3.47. The molecule has 0 unspecified atom stereocenters. The molecule has 22 heavy (non-hydrogen) atoms. The number of aromatic nitrogens is 3. The summed E-state index contributed by atoms with van der Waals surface area (Å²) in [6.07, 6.45) is 5.51. The molecule has 0 saturated heterocycles. The van der Waals surface area contributed by atoms with Crippen LogP contribution >= 0.6 is 15.9 Å². The Labute approximate surface area is 137 Å². The minimum Gasteiger partial charge on any atom is -0.496 e. The molecule has 0 spiro atoms. The smallest absolute Gasteiger partial charge is 0.152 e. The predicted molar refractivity (Wildman–Crippen MR) is 91.7 cm³/mol. The van der Waals surface area contributed by atoms with Gasteiger partial charge in [0, 0.05) is 21.7 Å². The fourth-order valence-corrected chi connectivity index (χ4v) is 2.58. The summed E-state index contributed by atoms with van der Waals surface area (Å²) in [4.78, 5) is 13.2. The van der Waals surface area contributed by atoms with Gasteiger partial charge in [-0.2, -0.15) is 0 Å². The summed E-state index contributed by atoms with van der Waals surface area (Å²) in [5, 5.41) is 0.981. The summed E-state index contributed by atoms with van der Waals surface area (Å²) in [7, 11) is 1.66. The second-order valence-corrected chi connectivity index (χ2v) is 5.72. The van der Waals surface area contributed by atoms with E-state index in [1.54, 1.807) is 13.3 Å². The van der Waals surface area contributed by atoms with Crippen molar-refractivity contribution in [2.75, 3.05) is 7.11 Å². The molecule has 2 aromatic heterocycles. The van der Waals surface area contributed by atoms with E-state index >= 15 is 0 Å². The molecule has 0 aliphatic heterocycles. The largest absolute Gasteiger partial charge is 0.496 e. The molecule has 0 aliphatic carbocycles. The highest BCUT2D eigenvalue weighted by atomic mass is 79.9. The Balaban J connectivity index is 1.98. The number of benzene rings is 1. The highest BCUT2D eigenvalue weighted by molar-refractivity contribution is 9.10. The zero-order chi connectivity index (χ0) is 15.5. The Morgan fingerprint density at radius 3 is 2.73 bits per heavy atom. The maximum absolute atomic E-state index is 5.38. The van der Waals surface area contributed by atoms with Gasteiger partial charge in [-0.25, -0.2) is 15.0 Å². The molecular weight excluding hydrogens is 342 g/mol. The van der Waals surface area contributed by atoms with Gasteiger partial charge >= 0.3 is 0 Å². The highest BCUT2D eigenvalue weighted by Crippen LogP contribution is 2.29. The Kier molecular flexibility index (Phi) is 4.15. The van der Waals surface area contributed by atoms with Crippen LogP contribution in [-0.2, 0) is 0 Å². The molecule has 3 aromatic rings. The van der Waals surface area contributed by atoms with Crippen molar-refractivity contribution in [2.24, 2.45) is 0 Å². The second-order valence-electron chi connectivity index (χ2n) is 4.80. The van der Waals surface area contributed by atoms with E-state index in [-0.39, 0.29) is 0 Å². The number of nitrogens with zero attached hydrogens (tertiary/aromatic N) is 3. The molecule has 110 valence electrons. The number of ether oxygens (including phenoxy) is 1. The number of hydrogen-bond donors (Lipinski definition) is 0. The van der Waals surface area contributed by atoms with Crippen molar-refractivity contribution in [2.45, 2.75) is 6.92 Å². The standard InChI is InChI=1S/C17H14BrN3O/c1-11-7-8-19-17(20-11)6-4-13-3-5-14-15(21-13)9-12(18)10-16(14)22-2/h3-10H,1-2H3. The Morgan fingerprint density at radius 1 is 1.09 bits per heavy atom. The molecule has 0 N–H and O–H groups in total. The molecule has 0 radical (unpaired) electrons. The van der Waals surface area contributed by atoms with Crippen molar-refractivity contribution in [3.63, 3.8) is 0 Å². The number of hydrogen-bond acceptors (Lipinski definition) is 4. The Morgan fingerprint density at radius 2 is 1.95 bits per heavy atom. The number of halogens is 1. The fraction of sp³-hybridized carbons (Fsp3) is 0.118. The molecule has 1 aromatic carbocycles. The number of fused-ring (bicyclic) bond motifs is 1. The van der Waals surface area contributed by atoms with E-state index in [1.165, 1.54) is 0 Å². The van der Waals surface area contributed by atoms with Gasteiger partial charge in [0.15, 0.2) is 5.82 Å². The van der Waals surface area contributed by atoms with Crippen molar-refractivity contribution in [3.8, 4) is 5.75 Å². The van der Waals surface area contributed by atoms with Gasteiger partial charge in [-0.05, 0) is 49.4 Å². The molecule has 0 fully saturated rings.